The van der Waals surface area contributed by atoms with Crippen LogP contribution in [0.25, 0.3) is 22.6 Å². The molecule has 25 heavy (non-hydrogen) atoms. The maximum Gasteiger partial charge on any atom is 0.326 e. The van der Waals surface area contributed by atoms with Crippen LogP contribution in [-0.2, 0) is 4.79 Å². The summed E-state index contributed by atoms with van der Waals surface area (Å²) in [6, 6.07) is 2.39. The molecule has 0 aliphatic heterocycles. The lowest BCUT2D eigenvalue weighted by Crippen LogP contribution is -2.20. The Balaban J connectivity index is 2.38. The van der Waals surface area contributed by atoms with E-state index in [1.165, 1.54) is 10.8 Å². The monoisotopic (exact) mass is 349 g/mol. The molecule has 5 nitrogen and oxygen atoms in total. The van der Waals surface area contributed by atoms with Crippen LogP contribution >= 0.6 is 0 Å². The Morgan fingerprint density at radius 3 is 2.64 bits per heavy atom. The first-order valence-corrected chi connectivity index (χ1v) is 7.56. The highest BCUT2D eigenvalue weighted by Gasteiger charge is 2.27. The summed E-state index contributed by atoms with van der Waals surface area (Å²) in [5, 5.41) is 9.49. The van der Waals surface area contributed by atoms with Crippen LogP contribution in [-0.4, -0.2) is 25.6 Å². The number of aryl methyl sites for hydroxylation is 1. The summed E-state index contributed by atoms with van der Waals surface area (Å²) < 4.78 is 42.4. The highest BCUT2D eigenvalue weighted by Crippen LogP contribution is 2.32. The molecule has 3 aromatic rings. The van der Waals surface area contributed by atoms with E-state index in [-0.39, 0.29) is 23.5 Å². The van der Waals surface area contributed by atoms with Crippen LogP contribution in [0.15, 0.2) is 24.4 Å². The number of imidazole rings is 1. The van der Waals surface area contributed by atoms with Crippen molar-refractivity contribution in [2.24, 2.45) is 0 Å². The van der Waals surface area contributed by atoms with E-state index in [4.69, 9.17) is 0 Å². The number of carbonyl (C=O) groups is 1. The van der Waals surface area contributed by atoms with Crippen molar-refractivity contribution in [2.45, 2.75) is 26.3 Å². The average Bonchev–Trinajstić information content (AvgIpc) is 2.91. The number of hydrogen-bond donors (Lipinski definition) is 1. The third kappa shape index (κ3) is 2.73. The predicted molar refractivity (Wildman–Crippen MR) is 84.5 cm³/mol. The van der Waals surface area contributed by atoms with Crippen LogP contribution in [0.4, 0.5) is 13.2 Å². The maximum absolute atomic E-state index is 14.3. The van der Waals surface area contributed by atoms with Gasteiger partial charge in [-0.25, -0.2) is 27.9 Å². The van der Waals surface area contributed by atoms with E-state index in [1.54, 1.807) is 19.9 Å². The van der Waals surface area contributed by atoms with Crippen molar-refractivity contribution in [2.75, 3.05) is 0 Å². The molecule has 130 valence electrons. The van der Waals surface area contributed by atoms with Gasteiger partial charge in [0.25, 0.3) is 0 Å². The van der Waals surface area contributed by atoms with Crippen LogP contribution < -0.4 is 0 Å². The SMILES string of the molecule is CCC(C(=O)O)n1c(-c2ccc(F)c(F)c2F)nc2cc(C)cnc21. The number of nitrogens with zero attached hydrogens (tertiary/aromatic N) is 3. The average molecular weight is 349 g/mol. The fourth-order valence-electron chi connectivity index (χ4n) is 2.73. The van der Waals surface area contributed by atoms with Gasteiger partial charge < -0.3 is 5.11 Å². The standard InChI is InChI=1S/C17H14F3N3O2/c1-3-12(17(24)25)23-15(9-4-5-10(18)14(20)13(9)19)22-11-6-8(2)7-21-16(11)23/h4-7,12H,3H2,1-2H3,(H,24,25). The van der Waals surface area contributed by atoms with Crippen molar-refractivity contribution < 1.29 is 23.1 Å². The molecule has 2 aromatic heterocycles. The highest BCUT2D eigenvalue weighted by molar-refractivity contribution is 5.82. The van der Waals surface area contributed by atoms with Crippen molar-refractivity contribution in [1.82, 2.24) is 14.5 Å². The number of carboxylic acid groups (broad SMARTS) is 1. The lowest BCUT2D eigenvalue weighted by atomic mass is 10.1. The fourth-order valence-corrected chi connectivity index (χ4v) is 2.73. The first kappa shape index (κ1) is 16.9. The zero-order chi connectivity index (χ0) is 18.3. The Morgan fingerprint density at radius 1 is 1.28 bits per heavy atom. The number of fused-ring (bicyclic) bond motifs is 1. The normalized spacial score (nSPS) is 12.5. The summed E-state index contributed by atoms with van der Waals surface area (Å²) in [6.07, 6.45) is 1.70. The van der Waals surface area contributed by atoms with E-state index in [0.29, 0.717) is 5.52 Å². The third-order valence-electron chi connectivity index (χ3n) is 3.93. The summed E-state index contributed by atoms with van der Waals surface area (Å²) in [5.41, 5.74) is 1.03. The molecule has 1 aromatic carbocycles. The number of hydrogen-bond acceptors (Lipinski definition) is 3. The van der Waals surface area contributed by atoms with Crippen molar-refractivity contribution in [3.8, 4) is 11.4 Å². The molecule has 0 fully saturated rings. The van der Waals surface area contributed by atoms with E-state index >= 15 is 0 Å². The lowest BCUT2D eigenvalue weighted by Gasteiger charge is -2.16. The molecule has 3 rings (SSSR count). The maximum atomic E-state index is 14.3. The largest absolute Gasteiger partial charge is 0.480 e. The minimum atomic E-state index is -1.64. The van der Waals surface area contributed by atoms with Gasteiger partial charge >= 0.3 is 5.97 Å². The first-order valence-electron chi connectivity index (χ1n) is 7.56. The van der Waals surface area contributed by atoms with Crippen molar-refractivity contribution in [1.29, 1.82) is 0 Å². The minimum absolute atomic E-state index is 0.112. The second-order valence-corrected chi connectivity index (χ2v) is 5.65. The Labute approximate surface area is 140 Å². The molecule has 0 aliphatic carbocycles. The summed E-state index contributed by atoms with van der Waals surface area (Å²) in [5.74, 6) is -5.66. The van der Waals surface area contributed by atoms with E-state index in [9.17, 15) is 23.1 Å². The van der Waals surface area contributed by atoms with Gasteiger partial charge in [0, 0.05) is 6.20 Å². The van der Waals surface area contributed by atoms with Crippen LogP contribution in [0.3, 0.4) is 0 Å². The van der Waals surface area contributed by atoms with Gasteiger partial charge in [-0.1, -0.05) is 6.92 Å². The molecule has 0 saturated carbocycles. The molecule has 2 heterocycles. The first-order chi connectivity index (χ1) is 11.8. The van der Waals surface area contributed by atoms with Gasteiger partial charge in [0.15, 0.2) is 23.1 Å². The molecular formula is C17H14F3N3O2. The van der Waals surface area contributed by atoms with Gasteiger partial charge in [0.2, 0.25) is 0 Å². The second kappa shape index (κ2) is 6.19. The van der Waals surface area contributed by atoms with Crippen molar-refractivity contribution in [3.63, 3.8) is 0 Å². The van der Waals surface area contributed by atoms with Crippen molar-refractivity contribution >= 4 is 17.1 Å². The molecule has 0 aliphatic rings. The molecule has 0 radical (unpaired) electrons. The number of carboxylic acids is 1. The van der Waals surface area contributed by atoms with Gasteiger partial charge in [-0.3, -0.25) is 4.57 Å². The number of rotatable bonds is 4. The Hall–Kier alpha value is -2.90. The molecule has 1 unspecified atom stereocenters. The van der Waals surface area contributed by atoms with E-state index in [1.807, 2.05) is 0 Å². The smallest absolute Gasteiger partial charge is 0.326 e. The van der Waals surface area contributed by atoms with Crippen LogP contribution in [0.2, 0.25) is 0 Å². The summed E-state index contributed by atoms with van der Waals surface area (Å²) in [7, 11) is 0. The van der Waals surface area contributed by atoms with Gasteiger partial charge in [-0.15, -0.1) is 0 Å². The predicted octanol–water partition coefficient (Wildman–Crippen LogP) is 3.86. The molecule has 0 spiro atoms. The summed E-state index contributed by atoms with van der Waals surface area (Å²) in [4.78, 5) is 20.1. The third-order valence-corrected chi connectivity index (χ3v) is 3.93. The zero-order valence-electron chi connectivity index (χ0n) is 13.4. The minimum Gasteiger partial charge on any atom is -0.480 e. The number of benzene rings is 1. The topological polar surface area (TPSA) is 68.0 Å². The molecule has 1 atom stereocenters. The van der Waals surface area contributed by atoms with E-state index < -0.39 is 29.5 Å². The number of aromatic nitrogens is 3. The zero-order valence-corrected chi connectivity index (χ0v) is 13.4. The number of aliphatic carboxylic acids is 1. The van der Waals surface area contributed by atoms with Crippen LogP contribution in [0.1, 0.15) is 24.9 Å². The molecule has 0 bridgehead atoms. The number of pyridine rings is 1. The lowest BCUT2D eigenvalue weighted by molar-refractivity contribution is -0.140. The van der Waals surface area contributed by atoms with Gasteiger partial charge in [0.1, 0.15) is 17.4 Å². The molecular weight excluding hydrogens is 335 g/mol. The summed E-state index contributed by atoms with van der Waals surface area (Å²) >= 11 is 0. The molecule has 0 saturated heterocycles. The van der Waals surface area contributed by atoms with Crippen molar-refractivity contribution in [3.05, 3.63) is 47.4 Å². The Kier molecular flexibility index (Phi) is 4.20. The molecule has 8 heteroatoms. The van der Waals surface area contributed by atoms with Crippen LogP contribution in [0, 0.1) is 24.4 Å². The van der Waals surface area contributed by atoms with Crippen LogP contribution in [0.5, 0.6) is 0 Å². The van der Waals surface area contributed by atoms with E-state index in [0.717, 1.165) is 17.7 Å². The second-order valence-electron chi connectivity index (χ2n) is 5.65. The highest BCUT2D eigenvalue weighted by atomic mass is 19.2. The number of halogens is 3. The van der Waals surface area contributed by atoms with E-state index in [2.05, 4.69) is 9.97 Å². The Bertz CT molecular complexity index is 985. The van der Waals surface area contributed by atoms with Gasteiger partial charge in [-0.05, 0) is 37.1 Å². The van der Waals surface area contributed by atoms with Gasteiger partial charge in [-0.2, -0.15) is 0 Å². The molecule has 0 amide bonds. The quantitative estimate of drug-likeness (QED) is 0.726. The molecule has 1 N–H and O–H groups in total. The summed E-state index contributed by atoms with van der Waals surface area (Å²) in [6.45, 7) is 3.42. The Morgan fingerprint density at radius 2 is 2.00 bits per heavy atom. The fraction of sp³-hybridized carbons (Fsp3) is 0.235. The van der Waals surface area contributed by atoms with Gasteiger partial charge in [0.05, 0.1) is 5.56 Å².